The average molecular weight is 345 g/mol. The van der Waals surface area contributed by atoms with E-state index >= 15 is 0 Å². The predicted molar refractivity (Wildman–Crippen MR) is 97.5 cm³/mol. The number of carbonyl (C=O) groups excluding carboxylic acids is 3. The molecule has 1 heterocycles. The van der Waals surface area contributed by atoms with Gasteiger partial charge in [0.05, 0.1) is 0 Å². The van der Waals surface area contributed by atoms with E-state index in [1.807, 2.05) is 24.8 Å². The fourth-order valence-electron chi connectivity index (χ4n) is 2.82. The molecule has 0 aliphatic carbocycles. The fraction of sp³-hybridized carbons (Fsp3) is 0.526. The lowest BCUT2D eigenvalue weighted by Gasteiger charge is -2.15. The van der Waals surface area contributed by atoms with Crippen molar-refractivity contribution in [3.8, 4) is 0 Å². The Morgan fingerprint density at radius 3 is 2.76 bits per heavy atom. The highest BCUT2D eigenvalue weighted by Gasteiger charge is 2.19. The Balaban J connectivity index is 1.86. The van der Waals surface area contributed by atoms with Crippen LogP contribution in [0.25, 0.3) is 0 Å². The Hall–Kier alpha value is -2.37. The summed E-state index contributed by atoms with van der Waals surface area (Å²) in [6.45, 7) is 5.95. The standard InChI is InChI=1S/C19H27N3O3/c1-3-10-20-19(25)15-9-8-14(2)16(13-15)21-17(23)6-4-11-22-12-5-7-18(22)24/h8-9,13H,3-7,10-12H2,1-2H3,(H,20,25)(H,21,23). The first kappa shape index (κ1) is 19.0. The van der Waals surface area contributed by atoms with Crippen molar-refractivity contribution < 1.29 is 14.4 Å². The zero-order valence-electron chi connectivity index (χ0n) is 15.1. The number of anilines is 1. The molecule has 0 aromatic heterocycles. The lowest BCUT2D eigenvalue weighted by atomic mass is 10.1. The summed E-state index contributed by atoms with van der Waals surface area (Å²) < 4.78 is 0. The van der Waals surface area contributed by atoms with Crippen molar-refractivity contribution in [3.63, 3.8) is 0 Å². The third kappa shape index (κ3) is 5.59. The number of hydrogen-bond donors (Lipinski definition) is 2. The van der Waals surface area contributed by atoms with E-state index in [-0.39, 0.29) is 17.7 Å². The summed E-state index contributed by atoms with van der Waals surface area (Å²) in [7, 11) is 0. The Labute approximate surface area is 149 Å². The number of aryl methyl sites for hydroxylation is 1. The minimum absolute atomic E-state index is 0.0964. The molecule has 1 saturated heterocycles. The Morgan fingerprint density at radius 1 is 1.28 bits per heavy atom. The molecule has 1 aliphatic rings. The van der Waals surface area contributed by atoms with Gasteiger partial charge >= 0.3 is 0 Å². The van der Waals surface area contributed by atoms with Crippen LogP contribution in [0.15, 0.2) is 18.2 Å². The molecule has 1 aromatic carbocycles. The van der Waals surface area contributed by atoms with E-state index in [0.717, 1.165) is 24.9 Å². The van der Waals surface area contributed by atoms with Gasteiger partial charge in [-0.25, -0.2) is 0 Å². The van der Waals surface area contributed by atoms with Gasteiger partial charge in [-0.3, -0.25) is 14.4 Å². The topological polar surface area (TPSA) is 78.5 Å². The predicted octanol–water partition coefficient (Wildman–Crippen LogP) is 2.48. The van der Waals surface area contributed by atoms with Crippen molar-refractivity contribution in [1.82, 2.24) is 10.2 Å². The summed E-state index contributed by atoms with van der Waals surface area (Å²) in [6, 6.07) is 5.30. The van der Waals surface area contributed by atoms with Crippen LogP contribution in [0.1, 0.15) is 54.9 Å². The number of nitrogens with one attached hydrogen (secondary N) is 2. The van der Waals surface area contributed by atoms with E-state index in [2.05, 4.69) is 10.6 Å². The summed E-state index contributed by atoms with van der Waals surface area (Å²) in [6.07, 6.45) is 3.42. The van der Waals surface area contributed by atoms with E-state index < -0.39 is 0 Å². The molecule has 0 bridgehead atoms. The van der Waals surface area contributed by atoms with Gasteiger partial charge in [-0.1, -0.05) is 13.0 Å². The van der Waals surface area contributed by atoms with Crippen LogP contribution in [0.2, 0.25) is 0 Å². The van der Waals surface area contributed by atoms with Crippen molar-refractivity contribution in [2.45, 2.75) is 46.0 Å². The second-order valence-corrected chi connectivity index (χ2v) is 6.42. The van der Waals surface area contributed by atoms with Crippen molar-refractivity contribution in [2.75, 3.05) is 25.0 Å². The van der Waals surface area contributed by atoms with Crippen LogP contribution in [0.3, 0.4) is 0 Å². The zero-order chi connectivity index (χ0) is 18.2. The molecule has 0 atom stereocenters. The number of amides is 3. The smallest absolute Gasteiger partial charge is 0.251 e. The monoisotopic (exact) mass is 345 g/mol. The van der Waals surface area contributed by atoms with E-state index in [0.29, 0.717) is 43.6 Å². The van der Waals surface area contributed by atoms with Crippen molar-refractivity contribution in [2.24, 2.45) is 0 Å². The van der Waals surface area contributed by atoms with Crippen LogP contribution in [0.5, 0.6) is 0 Å². The lowest BCUT2D eigenvalue weighted by Crippen LogP contribution is -2.26. The van der Waals surface area contributed by atoms with Crippen molar-refractivity contribution >= 4 is 23.4 Å². The second-order valence-electron chi connectivity index (χ2n) is 6.42. The highest BCUT2D eigenvalue weighted by molar-refractivity contribution is 5.97. The first-order valence-electron chi connectivity index (χ1n) is 8.97. The van der Waals surface area contributed by atoms with Gasteiger partial charge in [0.1, 0.15) is 0 Å². The second kappa shape index (κ2) is 9.20. The molecule has 3 amide bonds. The van der Waals surface area contributed by atoms with E-state index in [1.165, 1.54) is 0 Å². The molecule has 1 aliphatic heterocycles. The van der Waals surface area contributed by atoms with Crippen LogP contribution in [0.4, 0.5) is 5.69 Å². The molecule has 2 N–H and O–H groups in total. The van der Waals surface area contributed by atoms with E-state index in [4.69, 9.17) is 0 Å². The molecule has 0 spiro atoms. The van der Waals surface area contributed by atoms with Crippen molar-refractivity contribution in [1.29, 1.82) is 0 Å². The van der Waals surface area contributed by atoms with Crippen LogP contribution in [0, 0.1) is 6.92 Å². The number of likely N-dealkylation sites (tertiary alicyclic amines) is 1. The summed E-state index contributed by atoms with van der Waals surface area (Å²) >= 11 is 0. The Bertz CT molecular complexity index is 643. The molecule has 6 nitrogen and oxygen atoms in total. The van der Waals surface area contributed by atoms with Crippen LogP contribution >= 0.6 is 0 Å². The maximum absolute atomic E-state index is 12.2. The van der Waals surface area contributed by atoms with Gasteiger partial charge in [-0.05, 0) is 43.9 Å². The molecule has 0 unspecified atom stereocenters. The van der Waals surface area contributed by atoms with Gasteiger partial charge in [-0.15, -0.1) is 0 Å². The number of carbonyl (C=O) groups is 3. The maximum atomic E-state index is 12.2. The fourth-order valence-corrected chi connectivity index (χ4v) is 2.82. The molecule has 1 aromatic rings. The molecule has 6 heteroatoms. The van der Waals surface area contributed by atoms with E-state index in [1.54, 1.807) is 12.1 Å². The van der Waals surface area contributed by atoms with Crippen LogP contribution < -0.4 is 10.6 Å². The quantitative estimate of drug-likeness (QED) is 0.760. The Morgan fingerprint density at radius 2 is 2.08 bits per heavy atom. The molecule has 136 valence electrons. The van der Waals surface area contributed by atoms with Crippen molar-refractivity contribution in [3.05, 3.63) is 29.3 Å². The SMILES string of the molecule is CCCNC(=O)c1ccc(C)c(NC(=O)CCCN2CCCC2=O)c1. The maximum Gasteiger partial charge on any atom is 0.251 e. The van der Waals surface area contributed by atoms with Gasteiger partial charge in [0.25, 0.3) is 5.91 Å². The third-order valence-electron chi connectivity index (χ3n) is 4.31. The van der Waals surface area contributed by atoms with Gasteiger partial charge in [0.15, 0.2) is 0 Å². The zero-order valence-corrected chi connectivity index (χ0v) is 15.1. The van der Waals surface area contributed by atoms with Gasteiger partial charge < -0.3 is 15.5 Å². The average Bonchev–Trinajstić information content (AvgIpc) is 2.99. The normalized spacial score (nSPS) is 13.8. The minimum Gasteiger partial charge on any atom is -0.352 e. The van der Waals surface area contributed by atoms with Gasteiger partial charge in [-0.2, -0.15) is 0 Å². The number of benzene rings is 1. The number of rotatable bonds is 8. The summed E-state index contributed by atoms with van der Waals surface area (Å²) in [5.41, 5.74) is 2.11. The molecule has 2 rings (SSSR count). The van der Waals surface area contributed by atoms with Crippen LogP contribution in [-0.2, 0) is 9.59 Å². The number of hydrogen-bond acceptors (Lipinski definition) is 3. The summed E-state index contributed by atoms with van der Waals surface area (Å²) in [4.78, 5) is 37.6. The molecule has 0 saturated carbocycles. The molecular formula is C19H27N3O3. The van der Waals surface area contributed by atoms with Gasteiger partial charge in [0.2, 0.25) is 11.8 Å². The molecule has 25 heavy (non-hydrogen) atoms. The largest absolute Gasteiger partial charge is 0.352 e. The molecular weight excluding hydrogens is 318 g/mol. The van der Waals surface area contributed by atoms with Crippen LogP contribution in [-0.4, -0.2) is 42.3 Å². The highest BCUT2D eigenvalue weighted by atomic mass is 16.2. The molecule has 0 radical (unpaired) electrons. The first-order valence-corrected chi connectivity index (χ1v) is 8.97. The summed E-state index contributed by atoms with van der Waals surface area (Å²) in [5.74, 6) is -0.0483. The first-order chi connectivity index (χ1) is 12.0. The van der Waals surface area contributed by atoms with E-state index in [9.17, 15) is 14.4 Å². The van der Waals surface area contributed by atoms with Gasteiger partial charge in [0, 0.05) is 43.7 Å². The number of nitrogens with zero attached hydrogens (tertiary/aromatic N) is 1. The highest BCUT2D eigenvalue weighted by Crippen LogP contribution is 2.18. The third-order valence-corrected chi connectivity index (χ3v) is 4.31. The lowest BCUT2D eigenvalue weighted by molar-refractivity contribution is -0.128. The summed E-state index contributed by atoms with van der Waals surface area (Å²) in [5, 5.41) is 5.70. The molecule has 1 fully saturated rings. The minimum atomic E-state index is -0.134. The Kier molecular flexibility index (Phi) is 6.98.